The van der Waals surface area contributed by atoms with Gasteiger partial charge in [-0.25, -0.2) is 0 Å². The third-order valence-electron chi connectivity index (χ3n) is 3.34. The third kappa shape index (κ3) is 3.67. The second-order valence-electron chi connectivity index (χ2n) is 4.92. The molecule has 7 nitrogen and oxygen atoms in total. The topological polar surface area (TPSA) is 104 Å². The van der Waals surface area contributed by atoms with Gasteiger partial charge in [0, 0.05) is 12.5 Å². The lowest BCUT2D eigenvalue weighted by atomic mass is 9.96. The molecule has 1 atom stereocenters. The highest BCUT2D eigenvalue weighted by Crippen LogP contribution is 2.28. The minimum absolute atomic E-state index is 0.192. The fourth-order valence-electron chi connectivity index (χ4n) is 2.30. The molecule has 1 fully saturated rings. The van der Waals surface area contributed by atoms with Crippen LogP contribution in [0, 0.1) is 16.0 Å². The monoisotopic (exact) mass is 279 g/mol. The van der Waals surface area contributed by atoms with E-state index in [4.69, 9.17) is 0 Å². The molecule has 0 aliphatic carbocycles. The van der Waals surface area contributed by atoms with Gasteiger partial charge in [-0.1, -0.05) is 0 Å². The van der Waals surface area contributed by atoms with Gasteiger partial charge in [-0.05, 0) is 37.9 Å². The first-order valence-corrected chi connectivity index (χ1v) is 6.54. The van der Waals surface area contributed by atoms with Gasteiger partial charge >= 0.3 is 0 Å². The molecule has 0 saturated carbocycles. The zero-order valence-corrected chi connectivity index (χ0v) is 11.0. The lowest BCUT2D eigenvalue weighted by Crippen LogP contribution is -2.32. The molecule has 20 heavy (non-hydrogen) atoms. The Kier molecular flexibility index (Phi) is 4.52. The number of phenols is 1. The summed E-state index contributed by atoms with van der Waals surface area (Å²) in [6.07, 6.45) is 2.44. The summed E-state index contributed by atoms with van der Waals surface area (Å²) in [7, 11) is 0. The molecule has 108 valence electrons. The SMILES string of the molecule is O=C(CC1CCCNC1)Nc1ccc([N+](=O)[O-])cc1O. The molecule has 1 amide bonds. The number of benzene rings is 1. The number of nitro benzene ring substituents is 1. The number of carbonyl (C=O) groups is 1. The van der Waals surface area contributed by atoms with E-state index in [0.717, 1.165) is 32.0 Å². The first-order valence-electron chi connectivity index (χ1n) is 6.54. The van der Waals surface area contributed by atoms with Crippen LogP contribution in [0.2, 0.25) is 0 Å². The van der Waals surface area contributed by atoms with E-state index in [1.807, 2.05) is 0 Å². The van der Waals surface area contributed by atoms with Crippen LogP contribution >= 0.6 is 0 Å². The van der Waals surface area contributed by atoms with E-state index in [2.05, 4.69) is 10.6 Å². The number of non-ortho nitro benzene ring substituents is 1. The van der Waals surface area contributed by atoms with E-state index in [-0.39, 0.29) is 23.0 Å². The number of nitro groups is 1. The molecule has 1 aromatic rings. The minimum Gasteiger partial charge on any atom is -0.506 e. The molecule has 0 bridgehead atoms. The van der Waals surface area contributed by atoms with Gasteiger partial charge in [0.2, 0.25) is 5.91 Å². The van der Waals surface area contributed by atoms with Crippen LogP contribution in [0.4, 0.5) is 11.4 Å². The molecule has 0 aromatic heterocycles. The van der Waals surface area contributed by atoms with Crippen molar-refractivity contribution in [3.63, 3.8) is 0 Å². The number of amides is 1. The van der Waals surface area contributed by atoms with Crippen molar-refractivity contribution in [2.24, 2.45) is 5.92 Å². The fraction of sp³-hybridized carbons (Fsp3) is 0.462. The van der Waals surface area contributed by atoms with Crippen LogP contribution < -0.4 is 10.6 Å². The van der Waals surface area contributed by atoms with Crippen LogP contribution in [0.15, 0.2) is 18.2 Å². The fourth-order valence-corrected chi connectivity index (χ4v) is 2.30. The Morgan fingerprint density at radius 2 is 2.35 bits per heavy atom. The lowest BCUT2D eigenvalue weighted by Gasteiger charge is -2.22. The summed E-state index contributed by atoms with van der Waals surface area (Å²) < 4.78 is 0. The van der Waals surface area contributed by atoms with E-state index in [1.54, 1.807) is 0 Å². The Hall–Kier alpha value is -2.15. The standard InChI is InChI=1S/C13H17N3O4/c17-12-7-10(16(19)20)3-4-11(12)15-13(18)6-9-2-1-5-14-8-9/h3-4,7,9,14,17H,1-2,5-6,8H2,(H,15,18). The van der Waals surface area contributed by atoms with Gasteiger partial charge < -0.3 is 15.7 Å². The summed E-state index contributed by atoms with van der Waals surface area (Å²) in [5, 5.41) is 26.0. The first kappa shape index (κ1) is 14.3. The van der Waals surface area contributed by atoms with Crippen molar-refractivity contribution < 1.29 is 14.8 Å². The van der Waals surface area contributed by atoms with Crippen LogP contribution in [0.3, 0.4) is 0 Å². The Bertz CT molecular complexity index is 512. The van der Waals surface area contributed by atoms with E-state index < -0.39 is 4.92 Å². The number of hydrogen-bond donors (Lipinski definition) is 3. The van der Waals surface area contributed by atoms with Crippen LogP contribution in [-0.2, 0) is 4.79 Å². The number of phenolic OH excluding ortho intramolecular Hbond substituents is 1. The van der Waals surface area contributed by atoms with Crippen molar-refractivity contribution in [3.05, 3.63) is 28.3 Å². The molecule has 3 N–H and O–H groups in total. The zero-order valence-electron chi connectivity index (χ0n) is 11.0. The molecule has 1 heterocycles. The second-order valence-corrected chi connectivity index (χ2v) is 4.92. The molecule has 1 aliphatic rings. The number of nitrogens with one attached hydrogen (secondary N) is 2. The highest BCUT2D eigenvalue weighted by atomic mass is 16.6. The van der Waals surface area contributed by atoms with Crippen molar-refractivity contribution in [3.8, 4) is 5.75 Å². The predicted molar refractivity (Wildman–Crippen MR) is 73.6 cm³/mol. The highest BCUT2D eigenvalue weighted by molar-refractivity contribution is 5.92. The summed E-state index contributed by atoms with van der Waals surface area (Å²) >= 11 is 0. The predicted octanol–water partition coefficient (Wildman–Crippen LogP) is 1.63. The zero-order chi connectivity index (χ0) is 14.5. The van der Waals surface area contributed by atoms with E-state index in [0.29, 0.717) is 12.3 Å². The van der Waals surface area contributed by atoms with Crippen LogP contribution in [-0.4, -0.2) is 29.0 Å². The average Bonchev–Trinajstić information content (AvgIpc) is 2.42. The number of hydrogen-bond acceptors (Lipinski definition) is 5. The molecule has 1 aromatic carbocycles. The van der Waals surface area contributed by atoms with Gasteiger partial charge in [-0.3, -0.25) is 14.9 Å². The molecule has 7 heteroatoms. The summed E-state index contributed by atoms with van der Waals surface area (Å²) in [6.45, 7) is 1.81. The molecule has 1 aliphatic heterocycles. The number of rotatable bonds is 4. The van der Waals surface area contributed by atoms with Crippen molar-refractivity contribution in [1.82, 2.24) is 5.32 Å². The van der Waals surface area contributed by atoms with E-state index in [1.165, 1.54) is 12.1 Å². The van der Waals surface area contributed by atoms with Gasteiger partial charge in [-0.2, -0.15) is 0 Å². The molecule has 0 spiro atoms. The van der Waals surface area contributed by atoms with Crippen molar-refractivity contribution in [2.45, 2.75) is 19.3 Å². The van der Waals surface area contributed by atoms with Crippen LogP contribution in [0.1, 0.15) is 19.3 Å². The van der Waals surface area contributed by atoms with E-state index >= 15 is 0 Å². The summed E-state index contributed by atoms with van der Waals surface area (Å²) in [5.41, 5.74) is -0.0126. The quantitative estimate of drug-likeness (QED) is 0.441. The smallest absolute Gasteiger partial charge is 0.273 e. The van der Waals surface area contributed by atoms with Crippen molar-refractivity contribution in [2.75, 3.05) is 18.4 Å². The number of aromatic hydroxyl groups is 1. The molecular formula is C13H17N3O4. The largest absolute Gasteiger partial charge is 0.506 e. The number of anilines is 1. The van der Waals surface area contributed by atoms with Crippen LogP contribution in [0.5, 0.6) is 5.75 Å². The summed E-state index contributed by atoms with van der Waals surface area (Å²) in [6, 6.07) is 3.61. The number of nitrogens with zero attached hydrogens (tertiary/aromatic N) is 1. The molecule has 0 radical (unpaired) electrons. The van der Waals surface area contributed by atoms with Gasteiger partial charge in [0.25, 0.3) is 5.69 Å². The Morgan fingerprint density at radius 1 is 1.55 bits per heavy atom. The molecule has 1 unspecified atom stereocenters. The lowest BCUT2D eigenvalue weighted by molar-refractivity contribution is -0.384. The average molecular weight is 279 g/mol. The third-order valence-corrected chi connectivity index (χ3v) is 3.34. The van der Waals surface area contributed by atoms with Gasteiger partial charge in [-0.15, -0.1) is 0 Å². The normalized spacial score (nSPS) is 18.5. The number of carbonyl (C=O) groups excluding carboxylic acids is 1. The highest BCUT2D eigenvalue weighted by Gasteiger charge is 2.18. The first-order chi connectivity index (χ1) is 9.56. The van der Waals surface area contributed by atoms with E-state index in [9.17, 15) is 20.0 Å². The van der Waals surface area contributed by atoms with Crippen molar-refractivity contribution in [1.29, 1.82) is 0 Å². The Balaban J connectivity index is 1.95. The second kappa shape index (κ2) is 6.33. The molecule has 2 rings (SSSR count). The minimum atomic E-state index is -0.598. The summed E-state index contributed by atoms with van der Waals surface area (Å²) in [5.74, 6) is -0.193. The maximum absolute atomic E-state index is 11.9. The molecular weight excluding hydrogens is 262 g/mol. The van der Waals surface area contributed by atoms with Crippen molar-refractivity contribution >= 4 is 17.3 Å². The van der Waals surface area contributed by atoms with Gasteiger partial charge in [0.05, 0.1) is 16.7 Å². The maximum atomic E-state index is 11.9. The Morgan fingerprint density at radius 3 is 2.95 bits per heavy atom. The maximum Gasteiger partial charge on any atom is 0.273 e. The number of piperidine rings is 1. The van der Waals surface area contributed by atoms with Gasteiger partial charge in [0.15, 0.2) is 0 Å². The summed E-state index contributed by atoms with van der Waals surface area (Å²) in [4.78, 5) is 21.8. The molecule has 1 saturated heterocycles. The Labute approximate surface area is 116 Å². The van der Waals surface area contributed by atoms with Crippen LogP contribution in [0.25, 0.3) is 0 Å². The van der Waals surface area contributed by atoms with Gasteiger partial charge in [0.1, 0.15) is 5.75 Å².